The third kappa shape index (κ3) is 7.18. The van der Waals surface area contributed by atoms with Crippen molar-refractivity contribution in [2.75, 3.05) is 17.2 Å². The molecule has 174 valence electrons. The Morgan fingerprint density at radius 1 is 0.912 bits per heavy atom. The normalized spacial score (nSPS) is 10.6. The number of amides is 3. The van der Waals surface area contributed by atoms with Crippen LogP contribution in [0.1, 0.15) is 16.7 Å². The minimum absolute atomic E-state index is 0.175. The maximum Gasteiger partial charge on any atom is 0.329 e. The Bertz CT molecular complexity index is 1210. The second kappa shape index (κ2) is 11.6. The number of carbonyl (C=O) groups excluding carboxylic acids is 3. The largest absolute Gasteiger partial charge is 0.484 e. The standard InChI is InChI=1S/C25H23ClN4O4/c1-16-6-10-19(11-7-16)28-24(32)25(33)30-27-14-18-8-12-20(13-9-18)34-15-23(31)29-22-5-3-4-21(26)17(22)2/h3-14H,15H2,1-2H3,(H,28,32)(H,29,31)(H,30,33)/b27-14-. The number of halogens is 1. The SMILES string of the molecule is Cc1ccc(NC(=O)C(=O)N/N=C\c2ccc(OCC(=O)Nc3cccc(Cl)c3C)cc2)cc1. The second-order valence-electron chi connectivity index (χ2n) is 7.34. The Kier molecular flexibility index (Phi) is 8.37. The Morgan fingerprint density at radius 3 is 2.32 bits per heavy atom. The van der Waals surface area contributed by atoms with E-state index in [1.807, 2.05) is 26.0 Å². The summed E-state index contributed by atoms with van der Waals surface area (Å²) in [4.78, 5) is 35.9. The van der Waals surface area contributed by atoms with Crippen LogP contribution in [-0.4, -0.2) is 30.5 Å². The lowest BCUT2D eigenvalue weighted by Crippen LogP contribution is -2.32. The van der Waals surface area contributed by atoms with E-state index in [1.165, 1.54) is 6.21 Å². The number of hydrogen-bond acceptors (Lipinski definition) is 5. The quantitative estimate of drug-likeness (QED) is 0.270. The summed E-state index contributed by atoms with van der Waals surface area (Å²) in [6, 6.07) is 19.0. The molecule has 0 fully saturated rings. The van der Waals surface area contributed by atoms with Crippen LogP contribution in [0.25, 0.3) is 0 Å². The molecule has 3 aromatic rings. The molecule has 8 nitrogen and oxygen atoms in total. The lowest BCUT2D eigenvalue weighted by Gasteiger charge is -2.10. The van der Waals surface area contributed by atoms with Gasteiger partial charge in [0.15, 0.2) is 6.61 Å². The van der Waals surface area contributed by atoms with Crippen LogP contribution in [-0.2, 0) is 14.4 Å². The highest BCUT2D eigenvalue weighted by Crippen LogP contribution is 2.22. The van der Waals surface area contributed by atoms with E-state index in [9.17, 15) is 14.4 Å². The third-order valence-corrected chi connectivity index (χ3v) is 5.10. The van der Waals surface area contributed by atoms with Crippen LogP contribution in [0, 0.1) is 13.8 Å². The molecule has 0 aromatic heterocycles. The van der Waals surface area contributed by atoms with Gasteiger partial charge in [-0.3, -0.25) is 14.4 Å². The first-order valence-electron chi connectivity index (χ1n) is 10.3. The number of aryl methyl sites for hydroxylation is 1. The Morgan fingerprint density at radius 2 is 1.62 bits per heavy atom. The van der Waals surface area contributed by atoms with Crippen molar-refractivity contribution in [1.29, 1.82) is 0 Å². The summed E-state index contributed by atoms with van der Waals surface area (Å²) in [6.45, 7) is 3.56. The smallest absolute Gasteiger partial charge is 0.329 e. The van der Waals surface area contributed by atoms with E-state index >= 15 is 0 Å². The number of ether oxygens (including phenoxy) is 1. The van der Waals surface area contributed by atoms with E-state index in [-0.39, 0.29) is 12.5 Å². The van der Waals surface area contributed by atoms with Gasteiger partial charge in [-0.15, -0.1) is 0 Å². The van der Waals surface area contributed by atoms with Crippen molar-refractivity contribution in [2.45, 2.75) is 13.8 Å². The molecule has 0 spiro atoms. The third-order valence-electron chi connectivity index (χ3n) is 4.69. The first-order chi connectivity index (χ1) is 16.3. The van der Waals surface area contributed by atoms with E-state index in [0.29, 0.717) is 27.7 Å². The van der Waals surface area contributed by atoms with Crippen molar-refractivity contribution in [2.24, 2.45) is 5.10 Å². The molecular formula is C25H23ClN4O4. The van der Waals surface area contributed by atoms with Gasteiger partial charge in [0.1, 0.15) is 5.75 Å². The number of benzene rings is 3. The van der Waals surface area contributed by atoms with Crippen molar-refractivity contribution >= 4 is 46.9 Å². The lowest BCUT2D eigenvalue weighted by molar-refractivity contribution is -0.136. The molecule has 3 N–H and O–H groups in total. The Balaban J connectivity index is 1.44. The van der Waals surface area contributed by atoms with Crippen LogP contribution in [0.2, 0.25) is 5.02 Å². The molecule has 3 aromatic carbocycles. The summed E-state index contributed by atoms with van der Waals surface area (Å²) in [5.41, 5.74) is 5.79. The van der Waals surface area contributed by atoms with Gasteiger partial charge in [-0.2, -0.15) is 5.10 Å². The molecule has 0 bridgehead atoms. The monoisotopic (exact) mass is 478 g/mol. The van der Waals surface area contributed by atoms with E-state index in [1.54, 1.807) is 54.6 Å². The van der Waals surface area contributed by atoms with Crippen LogP contribution in [0.15, 0.2) is 71.8 Å². The van der Waals surface area contributed by atoms with Gasteiger partial charge in [0.25, 0.3) is 5.91 Å². The van der Waals surface area contributed by atoms with E-state index in [4.69, 9.17) is 16.3 Å². The molecule has 0 heterocycles. The number of nitrogens with zero attached hydrogens (tertiary/aromatic N) is 1. The number of rotatable bonds is 7. The molecule has 34 heavy (non-hydrogen) atoms. The summed E-state index contributed by atoms with van der Waals surface area (Å²) in [6.07, 6.45) is 1.38. The van der Waals surface area contributed by atoms with Crippen molar-refractivity contribution in [3.8, 4) is 5.75 Å². The molecule has 0 saturated heterocycles. The maximum absolute atomic E-state index is 12.1. The second-order valence-corrected chi connectivity index (χ2v) is 7.74. The fourth-order valence-corrected chi connectivity index (χ4v) is 2.94. The van der Waals surface area contributed by atoms with Crippen molar-refractivity contribution in [1.82, 2.24) is 5.43 Å². The fraction of sp³-hybridized carbons (Fsp3) is 0.120. The molecule has 3 amide bonds. The van der Waals surface area contributed by atoms with Gasteiger partial charge >= 0.3 is 11.8 Å². The predicted octanol–water partition coefficient (Wildman–Crippen LogP) is 4.06. The summed E-state index contributed by atoms with van der Waals surface area (Å²) in [7, 11) is 0. The van der Waals surface area contributed by atoms with Crippen molar-refractivity contribution in [3.05, 3.63) is 88.4 Å². The zero-order valence-electron chi connectivity index (χ0n) is 18.6. The molecular weight excluding hydrogens is 456 g/mol. The minimum atomic E-state index is -0.891. The van der Waals surface area contributed by atoms with Crippen molar-refractivity contribution < 1.29 is 19.1 Å². The molecule has 0 saturated carbocycles. The fourth-order valence-electron chi connectivity index (χ4n) is 2.77. The number of hydrazone groups is 1. The molecule has 0 aliphatic carbocycles. The highest BCUT2D eigenvalue weighted by molar-refractivity contribution is 6.39. The van der Waals surface area contributed by atoms with Gasteiger partial charge in [-0.25, -0.2) is 5.43 Å². The van der Waals surface area contributed by atoms with Gasteiger partial charge in [0.05, 0.1) is 6.21 Å². The van der Waals surface area contributed by atoms with Crippen LogP contribution < -0.4 is 20.8 Å². The molecule has 0 unspecified atom stereocenters. The van der Waals surface area contributed by atoms with E-state index in [2.05, 4.69) is 21.2 Å². The van der Waals surface area contributed by atoms with Crippen LogP contribution in [0.5, 0.6) is 5.75 Å². The summed E-state index contributed by atoms with van der Waals surface area (Å²) >= 11 is 6.06. The van der Waals surface area contributed by atoms with Crippen LogP contribution in [0.3, 0.4) is 0 Å². The minimum Gasteiger partial charge on any atom is -0.484 e. The average Bonchev–Trinajstić information content (AvgIpc) is 2.83. The first-order valence-corrected chi connectivity index (χ1v) is 10.7. The van der Waals surface area contributed by atoms with Crippen molar-refractivity contribution in [3.63, 3.8) is 0 Å². The Labute approximate surface area is 202 Å². The predicted molar refractivity (Wildman–Crippen MR) is 132 cm³/mol. The summed E-state index contributed by atoms with van der Waals surface area (Å²) < 4.78 is 5.49. The molecule has 9 heteroatoms. The number of carbonyl (C=O) groups is 3. The van der Waals surface area contributed by atoms with Gasteiger partial charge in [-0.1, -0.05) is 35.4 Å². The number of hydrogen-bond donors (Lipinski definition) is 3. The Hall–Kier alpha value is -4.17. The lowest BCUT2D eigenvalue weighted by atomic mass is 10.2. The summed E-state index contributed by atoms with van der Waals surface area (Å²) in [5.74, 6) is -1.55. The van der Waals surface area contributed by atoms with E-state index in [0.717, 1.165) is 11.1 Å². The van der Waals surface area contributed by atoms with Gasteiger partial charge in [0, 0.05) is 16.4 Å². The first kappa shape index (κ1) is 24.5. The maximum atomic E-state index is 12.1. The molecule has 0 aliphatic heterocycles. The van der Waals surface area contributed by atoms with Gasteiger partial charge < -0.3 is 15.4 Å². The number of nitrogens with one attached hydrogen (secondary N) is 3. The van der Waals surface area contributed by atoms with Gasteiger partial charge in [0.2, 0.25) is 0 Å². The van der Waals surface area contributed by atoms with Crippen LogP contribution in [0.4, 0.5) is 11.4 Å². The summed E-state index contributed by atoms with van der Waals surface area (Å²) in [5, 5.41) is 9.60. The highest BCUT2D eigenvalue weighted by Gasteiger charge is 2.12. The molecule has 0 aliphatic rings. The van der Waals surface area contributed by atoms with Gasteiger partial charge in [-0.05, 0) is 73.5 Å². The topological polar surface area (TPSA) is 109 Å². The zero-order chi connectivity index (χ0) is 24.5. The number of anilines is 2. The zero-order valence-corrected chi connectivity index (χ0v) is 19.3. The molecule has 3 rings (SSSR count). The highest BCUT2D eigenvalue weighted by atomic mass is 35.5. The van der Waals surface area contributed by atoms with Crippen LogP contribution >= 0.6 is 11.6 Å². The molecule has 0 radical (unpaired) electrons. The van der Waals surface area contributed by atoms with E-state index < -0.39 is 11.8 Å². The molecule has 0 atom stereocenters. The average molecular weight is 479 g/mol.